The van der Waals surface area contributed by atoms with E-state index in [-0.39, 0.29) is 23.5 Å². The van der Waals surface area contributed by atoms with Crippen LogP contribution < -0.4 is 0 Å². The van der Waals surface area contributed by atoms with E-state index in [4.69, 9.17) is 0 Å². The molecule has 0 aromatic rings. The van der Waals surface area contributed by atoms with Crippen molar-refractivity contribution in [3.8, 4) is 0 Å². The summed E-state index contributed by atoms with van der Waals surface area (Å²) in [6, 6.07) is 0. The summed E-state index contributed by atoms with van der Waals surface area (Å²) >= 11 is 4.00. The van der Waals surface area contributed by atoms with Crippen molar-refractivity contribution in [3.05, 3.63) is 35.5 Å². The van der Waals surface area contributed by atoms with E-state index < -0.39 is 27.7 Å². The zero-order valence-corrected chi connectivity index (χ0v) is 16.2. The number of carbonyl (C=O) groups excluding carboxylic acids is 2. The summed E-state index contributed by atoms with van der Waals surface area (Å²) in [7, 11) is 0. The molecule has 0 heterocycles. The lowest BCUT2D eigenvalue weighted by molar-refractivity contribution is -0.148. The van der Waals surface area contributed by atoms with Gasteiger partial charge in [0.15, 0.2) is 5.78 Å². The lowest BCUT2D eigenvalue weighted by atomic mass is 9.51. The van der Waals surface area contributed by atoms with Crippen LogP contribution in [0, 0.1) is 28.6 Å². The first-order valence-electron chi connectivity index (χ1n) is 9.31. The topological polar surface area (TPSA) is 54.4 Å². The molecule has 0 aromatic heterocycles. The Morgan fingerprint density at radius 1 is 1.31 bits per heavy atom. The van der Waals surface area contributed by atoms with Gasteiger partial charge in [0, 0.05) is 10.8 Å². The van der Waals surface area contributed by atoms with E-state index in [0.717, 1.165) is 5.57 Å². The van der Waals surface area contributed by atoms with Crippen LogP contribution in [0.1, 0.15) is 40.0 Å². The van der Waals surface area contributed by atoms with Crippen LogP contribution in [0.4, 0.5) is 4.39 Å². The Kier molecular flexibility index (Phi) is 3.79. The molecule has 4 aliphatic carbocycles. The Bertz CT molecular complexity index is 799. The first-order chi connectivity index (χ1) is 12.1. The molecule has 7 atom stereocenters. The van der Waals surface area contributed by atoms with Crippen molar-refractivity contribution in [3.63, 3.8) is 0 Å². The van der Waals surface area contributed by atoms with Crippen molar-refractivity contribution in [1.82, 2.24) is 0 Å². The second-order valence-electron chi connectivity index (χ2n) is 8.94. The van der Waals surface area contributed by atoms with E-state index in [1.165, 1.54) is 12.2 Å². The number of carbonyl (C=O) groups is 2. The highest BCUT2D eigenvalue weighted by Gasteiger charge is 2.67. The summed E-state index contributed by atoms with van der Waals surface area (Å²) in [6.45, 7) is 5.81. The van der Waals surface area contributed by atoms with Crippen LogP contribution in [-0.2, 0) is 9.59 Å². The fraction of sp³-hybridized carbons (Fsp3) is 0.619. The molecule has 0 aromatic carbocycles. The molecule has 0 bridgehead atoms. The van der Waals surface area contributed by atoms with E-state index in [0.29, 0.717) is 24.8 Å². The summed E-state index contributed by atoms with van der Waals surface area (Å²) in [6.07, 6.45) is 7.22. The third-order valence-corrected chi connectivity index (χ3v) is 8.18. The number of ketones is 1. The number of halogens is 1. The van der Waals surface area contributed by atoms with Crippen molar-refractivity contribution >= 4 is 23.5 Å². The molecule has 140 valence electrons. The molecule has 0 aliphatic heterocycles. The monoisotopic (exact) mass is 376 g/mol. The third-order valence-electron chi connectivity index (χ3n) is 7.84. The predicted octanol–water partition coefficient (Wildman–Crippen LogP) is 3.60. The zero-order valence-electron chi connectivity index (χ0n) is 15.3. The number of fused-ring (bicyclic) bond motifs is 5. The fourth-order valence-electron chi connectivity index (χ4n) is 6.33. The van der Waals surface area contributed by atoms with Crippen LogP contribution in [0.2, 0.25) is 0 Å². The number of thiol groups is 1. The van der Waals surface area contributed by atoms with Gasteiger partial charge in [-0.2, -0.15) is 0 Å². The van der Waals surface area contributed by atoms with Gasteiger partial charge in [0.2, 0.25) is 5.12 Å². The highest BCUT2D eigenvalue weighted by molar-refractivity contribution is 7.96. The molecular weight excluding hydrogens is 351 g/mol. The first-order valence-corrected chi connectivity index (χ1v) is 9.76. The predicted molar refractivity (Wildman–Crippen MR) is 100 cm³/mol. The van der Waals surface area contributed by atoms with Gasteiger partial charge in [-0.3, -0.25) is 9.59 Å². The second-order valence-corrected chi connectivity index (χ2v) is 9.35. The normalized spacial score (nSPS) is 49.7. The summed E-state index contributed by atoms with van der Waals surface area (Å²) in [5, 5.41) is 10.8. The lowest BCUT2D eigenvalue weighted by Gasteiger charge is -2.54. The molecule has 1 N–H and O–H groups in total. The molecule has 3 unspecified atom stereocenters. The van der Waals surface area contributed by atoms with Gasteiger partial charge in [-0.25, -0.2) is 4.39 Å². The average molecular weight is 376 g/mol. The Morgan fingerprint density at radius 2 is 2.00 bits per heavy atom. The maximum atomic E-state index is 15.1. The van der Waals surface area contributed by atoms with Crippen LogP contribution in [-0.4, -0.2) is 27.8 Å². The molecule has 4 rings (SSSR count). The van der Waals surface area contributed by atoms with Crippen LogP contribution >= 0.6 is 12.6 Å². The van der Waals surface area contributed by atoms with Crippen LogP contribution in [0.5, 0.6) is 0 Å². The second kappa shape index (κ2) is 5.41. The maximum Gasteiger partial charge on any atom is 0.218 e. The number of rotatable bonds is 1. The number of aliphatic hydroxyl groups is 1. The van der Waals surface area contributed by atoms with E-state index in [1.54, 1.807) is 0 Å². The summed E-state index contributed by atoms with van der Waals surface area (Å²) < 4.78 is 15.1. The molecule has 4 aliphatic rings. The Hall–Kier alpha value is -1.20. The van der Waals surface area contributed by atoms with E-state index >= 15 is 4.39 Å². The lowest BCUT2D eigenvalue weighted by Crippen LogP contribution is -2.56. The number of alkyl halides is 1. The van der Waals surface area contributed by atoms with Crippen LogP contribution in [0.3, 0.4) is 0 Å². The first kappa shape index (κ1) is 18.2. The number of hydrogen-bond donors (Lipinski definition) is 2. The molecule has 2 saturated carbocycles. The molecule has 26 heavy (non-hydrogen) atoms. The van der Waals surface area contributed by atoms with Gasteiger partial charge in [0.05, 0.1) is 0 Å². The fourth-order valence-corrected chi connectivity index (χ4v) is 6.81. The average Bonchev–Trinajstić information content (AvgIpc) is 2.78. The smallest absolute Gasteiger partial charge is 0.218 e. The molecule has 0 saturated heterocycles. The van der Waals surface area contributed by atoms with Crippen LogP contribution in [0.15, 0.2) is 35.5 Å². The molecule has 3 nitrogen and oxygen atoms in total. The van der Waals surface area contributed by atoms with Gasteiger partial charge in [-0.05, 0) is 61.7 Å². The van der Waals surface area contributed by atoms with Crippen LogP contribution in [0.25, 0.3) is 0 Å². The summed E-state index contributed by atoms with van der Waals surface area (Å²) in [4.78, 5) is 24.0. The van der Waals surface area contributed by atoms with Crippen molar-refractivity contribution in [2.75, 3.05) is 0 Å². The van der Waals surface area contributed by atoms with Gasteiger partial charge in [0.25, 0.3) is 0 Å². The minimum absolute atomic E-state index is 0.0150. The van der Waals surface area contributed by atoms with Gasteiger partial charge in [0.1, 0.15) is 11.8 Å². The molecule has 2 fully saturated rings. The quantitative estimate of drug-likeness (QED) is 0.543. The van der Waals surface area contributed by atoms with Crippen molar-refractivity contribution < 1.29 is 19.1 Å². The maximum absolute atomic E-state index is 15.1. The highest BCUT2D eigenvalue weighted by Crippen LogP contribution is 2.66. The number of hydrogen-bond acceptors (Lipinski definition) is 3. The molecule has 0 amide bonds. The third kappa shape index (κ3) is 1.99. The van der Waals surface area contributed by atoms with Gasteiger partial charge in [-0.15, -0.1) is 12.6 Å². The Balaban J connectivity index is 1.84. The molecule has 5 heteroatoms. The van der Waals surface area contributed by atoms with E-state index in [2.05, 4.69) is 18.7 Å². The molecule has 0 radical (unpaired) electrons. The molecule has 0 spiro atoms. The van der Waals surface area contributed by atoms with Gasteiger partial charge < -0.3 is 5.11 Å². The van der Waals surface area contributed by atoms with Gasteiger partial charge >= 0.3 is 0 Å². The van der Waals surface area contributed by atoms with Crippen molar-refractivity contribution in [1.29, 1.82) is 0 Å². The summed E-state index contributed by atoms with van der Waals surface area (Å²) in [5.41, 5.74) is -1.06. The minimum atomic E-state index is -1.50. The minimum Gasteiger partial charge on any atom is -0.380 e. The van der Waals surface area contributed by atoms with E-state index in [9.17, 15) is 14.7 Å². The summed E-state index contributed by atoms with van der Waals surface area (Å²) in [5.74, 6) is -0.417. The number of allylic oxidation sites excluding steroid dienone is 6. The zero-order chi connectivity index (χ0) is 19.1. The van der Waals surface area contributed by atoms with Gasteiger partial charge in [-0.1, -0.05) is 31.6 Å². The highest BCUT2D eigenvalue weighted by atomic mass is 32.1. The van der Waals surface area contributed by atoms with Crippen molar-refractivity contribution in [2.45, 2.75) is 51.8 Å². The standard InChI is InChI=1S/C21H25FO3S/c1-11-8-15-13-10-17(22)16-9-12(23)4-6-19(16,2)14(13)5-7-20(15,3)21(11,25)18(24)26/h4-6,9,11,13,15,17,25H,7-8,10H2,1-3H3,(H,24,26)/t11-,13?,15?,17+,19?,20+,21+/m1/s1. The largest absolute Gasteiger partial charge is 0.380 e. The Labute approximate surface area is 158 Å². The van der Waals surface area contributed by atoms with Crippen molar-refractivity contribution in [2.24, 2.45) is 28.6 Å². The Morgan fingerprint density at radius 3 is 2.65 bits per heavy atom. The SMILES string of the molecule is C[C@@H]1CC2C3C[C@H](F)C4=CC(=O)C=CC4(C)C3=CC[C@]2(C)[C@@]1(O)C(=O)S. The molecular formula is C21H25FO3S. The van der Waals surface area contributed by atoms with E-state index in [1.807, 2.05) is 26.8 Å².